The van der Waals surface area contributed by atoms with E-state index in [0.717, 1.165) is 0 Å². The topological polar surface area (TPSA) is 88.4 Å². The van der Waals surface area contributed by atoms with E-state index in [1.54, 1.807) is 30.3 Å². The van der Waals surface area contributed by atoms with Gasteiger partial charge in [-0.1, -0.05) is 0 Å². The van der Waals surface area contributed by atoms with Crippen molar-refractivity contribution in [2.75, 3.05) is 19.8 Å². The zero-order valence-electron chi connectivity index (χ0n) is 10.5. The molecule has 0 radical (unpaired) electrons. The first kappa shape index (κ1) is 14.5. The van der Waals surface area contributed by atoms with Gasteiger partial charge in [0.1, 0.15) is 18.4 Å². The summed E-state index contributed by atoms with van der Waals surface area (Å²) < 4.78 is 9.74. The van der Waals surface area contributed by atoms with Gasteiger partial charge in [0.15, 0.2) is 6.61 Å². The first-order valence-electron chi connectivity index (χ1n) is 5.71. The lowest BCUT2D eigenvalue weighted by atomic mass is 10.2. The van der Waals surface area contributed by atoms with Gasteiger partial charge >= 0.3 is 5.97 Å². The molecule has 0 aliphatic rings. The SMILES string of the molecule is CCOc1ccc(C(=O)NCC(=O)OCC#N)cc1. The number of carbonyl (C=O) groups is 2. The highest BCUT2D eigenvalue weighted by molar-refractivity contribution is 5.96. The molecule has 1 aromatic carbocycles. The molecule has 0 aromatic heterocycles. The maximum absolute atomic E-state index is 11.7. The van der Waals surface area contributed by atoms with Crippen molar-refractivity contribution in [3.63, 3.8) is 0 Å². The highest BCUT2D eigenvalue weighted by Crippen LogP contribution is 2.11. The van der Waals surface area contributed by atoms with E-state index in [1.165, 1.54) is 0 Å². The Hall–Kier alpha value is -2.55. The third-order valence-corrected chi connectivity index (χ3v) is 2.12. The molecule has 0 aliphatic heterocycles. The Morgan fingerprint density at radius 1 is 1.32 bits per heavy atom. The van der Waals surface area contributed by atoms with Gasteiger partial charge in [-0.2, -0.15) is 5.26 Å². The van der Waals surface area contributed by atoms with E-state index in [9.17, 15) is 9.59 Å². The largest absolute Gasteiger partial charge is 0.494 e. The standard InChI is InChI=1S/C13H14N2O4/c1-2-18-11-5-3-10(4-6-11)13(17)15-9-12(16)19-8-7-14/h3-6H,2,8-9H2,1H3,(H,15,17). The summed E-state index contributed by atoms with van der Waals surface area (Å²) in [5, 5.41) is 10.6. The number of esters is 1. The second kappa shape index (κ2) is 7.71. The highest BCUT2D eigenvalue weighted by Gasteiger charge is 2.08. The lowest BCUT2D eigenvalue weighted by Crippen LogP contribution is -2.30. The van der Waals surface area contributed by atoms with Gasteiger partial charge in [0.25, 0.3) is 5.91 Å². The van der Waals surface area contributed by atoms with Crippen LogP contribution in [0.2, 0.25) is 0 Å². The van der Waals surface area contributed by atoms with Crippen LogP contribution in [0.15, 0.2) is 24.3 Å². The fourth-order valence-electron chi connectivity index (χ4n) is 1.29. The zero-order valence-corrected chi connectivity index (χ0v) is 10.5. The van der Waals surface area contributed by atoms with Crippen molar-refractivity contribution in [1.29, 1.82) is 5.26 Å². The number of rotatable bonds is 6. The third-order valence-electron chi connectivity index (χ3n) is 2.12. The summed E-state index contributed by atoms with van der Waals surface area (Å²) in [4.78, 5) is 22.7. The molecule has 1 aromatic rings. The molecule has 0 heterocycles. The van der Waals surface area contributed by atoms with Gasteiger partial charge in [-0.3, -0.25) is 9.59 Å². The number of amides is 1. The predicted octanol–water partition coefficient (Wildman–Crippen LogP) is 0.882. The van der Waals surface area contributed by atoms with Crippen molar-refractivity contribution in [2.45, 2.75) is 6.92 Å². The summed E-state index contributed by atoms with van der Waals surface area (Å²) >= 11 is 0. The van der Waals surface area contributed by atoms with Crippen molar-refractivity contribution in [3.05, 3.63) is 29.8 Å². The van der Waals surface area contributed by atoms with Crippen LogP contribution in [-0.2, 0) is 9.53 Å². The number of ether oxygens (including phenoxy) is 2. The van der Waals surface area contributed by atoms with Gasteiger partial charge in [-0.05, 0) is 31.2 Å². The fraction of sp³-hybridized carbons (Fsp3) is 0.308. The molecule has 0 bridgehead atoms. The number of nitrogens with one attached hydrogen (secondary N) is 1. The normalized spacial score (nSPS) is 9.26. The van der Waals surface area contributed by atoms with E-state index >= 15 is 0 Å². The van der Waals surface area contributed by atoms with Crippen LogP contribution in [0, 0.1) is 11.3 Å². The Morgan fingerprint density at radius 3 is 2.58 bits per heavy atom. The predicted molar refractivity (Wildman–Crippen MR) is 66.5 cm³/mol. The van der Waals surface area contributed by atoms with Crippen LogP contribution in [0.25, 0.3) is 0 Å². The molecule has 1 N–H and O–H groups in total. The van der Waals surface area contributed by atoms with Crippen LogP contribution in [0.4, 0.5) is 0 Å². The molecular formula is C13H14N2O4. The van der Waals surface area contributed by atoms with Gasteiger partial charge in [0.05, 0.1) is 6.61 Å². The fourth-order valence-corrected chi connectivity index (χ4v) is 1.29. The second-order valence-corrected chi connectivity index (χ2v) is 3.46. The number of nitriles is 1. The molecule has 0 aliphatic carbocycles. The van der Waals surface area contributed by atoms with E-state index in [1.807, 2.05) is 6.92 Å². The lowest BCUT2D eigenvalue weighted by Gasteiger charge is -2.06. The minimum absolute atomic E-state index is 0.270. The first-order valence-corrected chi connectivity index (χ1v) is 5.71. The molecule has 1 rings (SSSR count). The van der Waals surface area contributed by atoms with Gasteiger partial charge in [-0.15, -0.1) is 0 Å². The van der Waals surface area contributed by atoms with E-state index < -0.39 is 11.9 Å². The molecular weight excluding hydrogens is 248 g/mol. The Balaban J connectivity index is 2.45. The summed E-state index contributed by atoms with van der Waals surface area (Å²) in [6, 6.07) is 8.21. The average molecular weight is 262 g/mol. The molecule has 0 saturated heterocycles. The van der Waals surface area contributed by atoms with Crippen molar-refractivity contribution >= 4 is 11.9 Å². The highest BCUT2D eigenvalue weighted by atomic mass is 16.5. The van der Waals surface area contributed by atoms with Crippen LogP contribution in [0.3, 0.4) is 0 Å². The van der Waals surface area contributed by atoms with Crippen molar-refractivity contribution < 1.29 is 19.1 Å². The van der Waals surface area contributed by atoms with Crippen LogP contribution in [0.1, 0.15) is 17.3 Å². The molecule has 6 heteroatoms. The van der Waals surface area contributed by atoms with E-state index in [4.69, 9.17) is 10.00 Å². The number of hydrogen-bond donors (Lipinski definition) is 1. The van der Waals surface area contributed by atoms with Crippen LogP contribution < -0.4 is 10.1 Å². The molecule has 0 saturated carbocycles. The smallest absolute Gasteiger partial charge is 0.326 e. The third kappa shape index (κ3) is 5.08. The lowest BCUT2D eigenvalue weighted by molar-refractivity contribution is -0.140. The maximum atomic E-state index is 11.7. The molecule has 6 nitrogen and oxygen atoms in total. The number of hydrogen-bond acceptors (Lipinski definition) is 5. The summed E-state index contributed by atoms with van der Waals surface area (Å²) in [6.45, 7) is 1.83. The van der Waals surface area contributed by atoms with Crippen molar-refractivity contribution in [3.8, 4) is 11.8 Å². The first-order chi connectivity index (χ1) is 9.17. The van der Waals surface area contributed by atoms with Gasteiger partial charge in [0.2, 0.25) is 0 Å². The van der Waals surface area contributed by atoms with E-state index in [0.29, 0.717) is 17.9 Å². The second-order valence-electron chi connectivity index (χ2n) is 3.46. The van der Waals surface area contributed by atoms with Crippen LogP contribution in [-0.4, -0.2) is 31.6 Å². The number of benzene rings is 1. The van der Waals surface area contributed by atoms with Gasteiger partial charge in [0, 0.05) is 5.56 Å². The summed E-state index contributed by atoms with van der Waals surface area (Å²) in [6.07, 6.45) is 0. The molecule has 0 spiro atoms. The molecule has 0 fully saturated rings. The van der Waals surface area contributed by atoms with E-state index in [-0.39, 0.29) is 13.2 Å². The number of nitrogens with zero attached hydrogens (tertiary/aromatic N) is 1. The molecule has 19 heavy (non-hydrogen) atoms. The Bertz CT molecular complexity index is 476. The Kier molecular flexibility index (Phi) is 5.89. The Labute approximate surface area is 110 Å². The molecule has 0 atom stereocenters. The van der Waals surface area contributed by atoms with Gasteiger partial charge < -0.3 is 14.8 Å². The van der Waals surface area contributed by atoms with Gasteiger partial charge in [-0.25, -0.2) is 0 Å². The summed E-state index contributed by atoms with van der Waals surface area (Å²) in [5.41, 5.74) is 0.413. The number of carbonyl (C=O) groups excluding carboxylic acids is 2. The minimum Gasteiger partial charge on any atom is -0.494 e. The maximum Gasteiger partial charge on any atom is 0.326 e. The van der Waals surface area contributed by atoms with Crippen molar-refractivity contribution in [1.82, 2.24) is 5.32 Å². The Morgan fingerprint density at radius 2 is 2.00 bits per heavy atom. The van der Waals surface area contributed by atoms with Crippen molar-refractivity contribution in [2.24, 2.45) is 0 Å². The molecule has 1 amide bonds. The quantitative estimate of drug-likeness (QED) is 0.769. The monoisotopic (exact) mass is 262 g/mol. The summed E-state index contributed by atoms with van der Waals surface area (Å²) in [5.74, 6) is -0.370. The zero-order chi connectivity index (χ0) is 14.1. The summed E-state index contributed by atoms with van der Waals surface area (Å²) in [7, 11) is 0. The minimum atomic E-state index is -0.652. The van der Waals surface area contributed by atoms with Crippen LogP contribution >= 0.6 is 0 Å². The van der Waals surface area contributed by atoms with Crippen LogP contribution in [0.5, 0.6) is 5.75 Å². The van der Waals surface area contributed by atoms with E-state index in [2.05, 4.69) is 10.1 Å². The molecule has 100 valence electrons. The average Bonchev–Trinajstić information content (AvgIpc) is 2.43. The molecule has 0 unspecified atom stereocenters.